The highest BCUT2D eigenvalue weighted by Gasteiger charge is 2.34. The fourth-order valence-electron chi connectivity index (χ4n) is 4.45. The molecule has 4 rings (SSSR count). The number of amides is 2. The molecule has 1 unspecified atom stereocenters. The Hall–Kier alpha value is -3.43. The molecule has 1 aliphatic heterocycles. The van der Waals surface area contributed by atoms with E-state index in [0.29, 0.717) is 31.1 Å². The van der Waals surface area contributed by atoms with Crippen LogP contribution in [0.25, 0.3) is 0 Å². The van der Waals surface area contributed by atoms with Gasteiger partial charge in [0, 0.05) is 37.7 Å². The minimum atomic E-state index is -0.609. The number of nitrogens with zero attached hydrogens (tertiary/aromatic N) is 2. The molecule has 196 valence electrons. The summed E-state index contributed by atoms with van der Waals surface area (Å²) in [4.78, 5) is 31.3. The zero-order chi connectivity index (χ0) is 26.2. The average Bonchev–Trinajstić information content (AvgIpc) is 3.40. The minimum Gasteiger partial charge on any atom is -0.497 e. The van der Waals surface area contributed by atoms with Gasteiger partial charge in [-0.2, -0.15) is 0 Å². The van der Waals surface area contributed by atoms with Crippen LogP contribution in [0, 0.1) is 5.82 Å². The molecule has 2 heterocycles. The Labute approximate surface area is 220 Å². The second-order valence-electron chi connectivity index (χ2n) is 8.69. The summed E-state index contributed by atoms with van der Waals surface area (Å²) in [6.07, 6.45) is 1.26. The van der Waals surface area contributed by atoms with E-state index in [2.05, 4.69) is 0 Å². The first kappa shape index (κ1) is 26.6. The largest absolute Gasteiger partial charge is 0.497 e. The summed E-state index contributed by atoms with van der Waals surface area (Å²) in [6.45, 7) is 1.31. The number of ether oxygens (including phenoxy) is 3. The van der Waals surface area contributed by atoms with Gasteiger partial charge < -0.3 is 24.0 Å². The maximum atomic E-state index is 14.4. The number of benzene rings is 2. The summed E-state index contributed by atoms with van der Waals surface area (Å²) in [5.41, 5.74) is 1.00. The van der Waals surface area contributed by atoms with Gasteiger partial charge >= 0.3 is 0 Å². The lowest BCUT2D eigenvalue weighted by molar-refractivity contribution is -0.135. The van der Waals surface area contributed by atoms with Gasteiger partial charge in [-0.3, -0.25) is 9.59 Å². The number of halogens is 1. The molecule has 0 fully saturated rings. The molecule has 0 bridgehead atoms. The number of hydrogen-bond donors (Lipinski definition) is 0. The quantitative estimate of drug-likeness (QED) is 0.342. The number of thiophene rings is 1. The summed E-state index contributed by atoms with van der Waals surface area (Å²) in [6, 6.07) is 14.9. The highest BCUT2D eigenvalue weighted by Crippen LogP contribution is 2.34. The van der Waals surface area contributed by atoms with Crippen LogP contribution in [-0.4, -0.2) is 68.7 Å². The molecule has 7 nitrogen and oxygen atoms in total. The first-order chi connectivity index (χ1) is 18.0. The summed E-state index contributed by atoms with van der Waals surface area (Å²) in [5.74, 6) is -0.00557. The molecular weight excluding hydrogens is 495 g/mol. The van der Waals surface area contributed by atoms with Gasteiger partial charge in [0.25, 0.3) is 5.91 Å². The summed E-state index contributed by atoms with van der Waals surface area (Å²) in [7, 11) is 3.17. The predicted molar refractivity (Wildman–Crippen MR) is 140 cm³/mol. The SMILES string of the molecule is COCCCN(CC(=O)N1CCc2sccc2C1COc1cccc(OC)c1)C(=O)c1ccccc1F. The van der Waals surface area contributed by atoms with Crippen molar-refractivity contribution in [3.63, 3.8) is 0 Å². The zero-order valence-corrected chi connectivity index (χ0v) is 21.8. The number of rotatable bonds is 11. The van der Waals surface area contributed by atoms with Gasteiger partial charge in [-0.05, 0) is 54.1 Å². The van der Waals surface area contributed by atoms with Crippen molar-refractivity contribution in [3.8, 4) is 11.5 Å². The van der Waals surface area contributed by atoms with Crippen LogP contribution in [-0.2, 0) is 16.0 Å². The summed E-state index contributed by atoms with van der Waals surface area (Å²) < 4.78 is 30.9. The van der Waals surface area contributed by atoms with Crippen LogP contribution in [0.2, 0.25) is 0 Å². The Kier molecular flexibility index (Phi) is 9.14. The molecule has 1 aromatic heterocycles. The third kappa shape index (κ3) is 6.47. The third-order valence-corrected chi connectivity index (χ3v) is 7.35. The molecule has 0 spiro atoms. The molecule has 0 radical (unpaired) electrons. The topological polar surface area (TPSA) is 68.3 Å². The standard InChI is InChI=1S/C28H31FN2O5S/c1-34-15-6-13-30(28(33)22-9-3-4-10-24(22)29)18-27(32)31-14-11-26-23(12-16-37-26)25(31)19-36-21-8-5-7-20(17-21)35-2/h3-5,7-10,12,16-17,25H,6,11,13-15,18-19H2,1-2H3. The van der Waals surface area contributed by atoms with Gasteiger partial charge in [-0.1, -0.05) is 18.2 Å². The molecule has 1 aliphatic rings. The van der Waals surface area contributed by atoms with Crippen molar-refractivity contribution in [3.05, 3.63) is 81.8 Å². The van der Waals surface area contributed by atoms with Crippen molar-refractivity contribution in [1.29, 1.82) is 0 Å². The molecule has 1 atom stereocenters. The third-order valence-electron chi connectivity index (χ3n) is 6.36. The maximum absolute atomic E-state index is 14.4. The van der Waals surface area contributed by atoms with E-state index in [9.17, 15) is 14.0 Å². The first-order valence-corrected chi connectivity index (χ1v) is 13.0. The van der Waals surface area contributed by atoms with Crippen LogP contribution in [0.1, 0.15) is 33.3 Å². The van der Waals surface area contributed by atoms with Gasteiger partial charge in [0.1, 0.15) is 30.5 Å². The highest BCUT2D eigenvalue weighted by atomic mass is 32.1. The van der Waals surface area contributed by atoms with Crippen molar-refractivity contribution >= 4 is 23.2 Å². The second-order valence-corrected chi connectivity index (χ2v) is 9.70. The van der Waals surface area contributed by atoms with Crippen molar-refractivity contribution in [2.75, 3.05) is 47.1 Å². The Morgan fingerprint density at radius 1 is 1.11 bits per heavy atom. The molecule has 0 aliphatic carbocycles. The van der Waals surface area contributed by atoms with Crippen molar-refractivity contribution in [2.24, 2.45) is 0 Å². The number of fused-ring (bicyclic) bond motifs is 1. The molecule has 3 aromatic rings. The van der Waals surface area contributed by atoms with Gasteiger partial charge in [0.05, 0.1) is 18.7 Å². The average molecular weight is 527 g/mol. The Morgan fingerprint density at radius 3 is 2.70 bits per heavy atom. The Morgan fingerprint density at radius 2 is 1.92 bits per heavy atom. The molecule has 37 heavy (non-hydrogen) atoms. The van der Waals surface area contributed by atoms with Crippen LogP contribution in [0.15, 0.2) is 60.0 Å². The van der Waals surface area contributed by atoms with Gasteiger partial charge in [0.2, 0.25) is 5.91 Å². The Balaban J connectivity index is 1.53. The van der Waals surface area contributed by atoms with E-state index < -0.39 is 11.7 Å². The van der Waals surface area contributed by atoms with Crippen LogP contribution in [0.5, 0.6) is 11.5 Å². The zero-order valence-electron chi connectivity index (χ0n) is 21.0. The minimum absolute atomic E-state index is 0.0515. The van der Waals surface area contributed by atoms with Crippen molar-refractivity contribution < 1.29 is 28.2 Å². The Bertz CT molecular complexity index is 1220. The van der Waals surface area contributed by atoms with Crippen LogP contribution in [0.4, 0.5) is 4.39 Å². The van der Waals surface area contributed by atoms with Crippen LogP contribution >= 0.6 is 11.3 Å². The molecule has 0 saturated carbocycles. The number of hydrogen-bond acceptors (Lipinski definition) is 6. The monoisotopic (exact) mass is 526 g/mol. The fourth-order valence-corrected chi connectivity index (χ4v) is 5.38. The first-order valence-electron chi connectivity index (χ1n) is 12.2. The van der Waals surface area contributed by atoms with Gasteiger partial charge in [-0.25, -0.2) is 4.39 Å². The lowest BCUT2D eigenvalue weighted by Crippen LogP contribution is -2.48. The van der Waals surface area contributed by atoms with Crippen molar-refractivity contribution in [1.82, 2.24) is 9.80 Å². The number of carbonyl (C=O) groups excluding carboxylic acids is 2. The van der Waals surface area contributed by atoms with Crippen LogP contribution in [0.3, 0.4) is 0 Å². The lowest BCUT2D eigenvalue weighted by Gasteiger charge is -2.37. The lowest BCUT2D eigenvalue weighted by atomic mass is 10.0. The normalized spacial score (nSPS) is 14.7. The highest BCUT2D eigenvalue weighted by molar-refractivity contribution is 7.10. The molecule has 2 amide bonds. The summed E-state index contributed by atoms with van der Waals surface area (Å²) in [5, 5.41) is 2.02. The van der Waals surface area contributed by atoms with E-state index in [-0.39, 0.29) is 37.2 Å². The van der Waals surface area contributed by atoms with Gasteiger partial charge in [0.15, 0.2) is 0 Å². The molecular formula is C28H31FN2O5S. The molecule has 2 aromatic carbocycles. The molecule has 0 saturated heterocycles. The smallest absolute Gasteiger partial charge is 0.257 e. The van der Waals surface area contributed by atoms with Crippen molar-refractivity contribution in [2.45, 2.75) is 18.9 Å². The van der Waals surface area contributed by atoms with Crippen LogP contribution < -0.4 is 9.47 Å². The van der Waals surface area contributed by atoms with E-state index in [4.69, 9.17) is 14.2 Å². The molecule has 0 N–H and O–H groups in total. The predicted octanol–water partition coefficient (Wildman–Crippen LogP) is 4.58. The maximum Gasteiger partial charge on any atom is 0.257 e. The van der Waals surface area contributed by atoms with E-state index in [1.807, 2.05) is 29.6 Å². The number of carbonyl (C=O) groups is 2. The van der Waals surface area contributed by atoms with E-state index in [1.54, 1.807) is 42.6 Å². The summed E-state index contributed by atoms with van der Waals surface area (Å²) >= 11 is 1.67. The second kappa shape index (κ2) is 12.7. The van der Waals surface area contributed by atoms with E-state index in [0.717, 1.165) is 12.0 Å². The van der Waals surface area contributed by atoms with Gasteiger partial charge in [-0.15, -0.1) is 11.3 Å². The molecule has 9 heteroatoms. The van der Waals surface area contributed by atoms with E-state index in [1.165, 1.54) is 28.0 Å². The number of methoxy groups -OCH3 is 2. The van der Waals surface area contributed by atoms with E-state index >= 15 is 0 Å². The fraction of sp³-hybridized carbons (Fsp3) is 0.357.